The number of halogens is 1. The number of anilines is 1. The molecule has 5 rings (SSSR count). The number of aliphatic hydroxyl groups excluding tert-OH is 1. The van der Waals surface area contributed by atoms with Crippen LogP contribution in [0.4, 0.5) is 5.69 Å². The molecule has 11 nitrogen and oxygen atoms in total. The molecule has 2 aliphatic heterocycles. The first-order valence-corrected chi connectivity index (χ1v) is 18.5. The molecule has 0 unspecified atom stereocenters. The molecule has 0 saturated heterocycles. The highest BCUT2D eigenvalue weighted by molar-refractivity contribution is 7.92. The van der Waals surface area contributed by atoms with Crippen molar-refractivity contribution < 1.29 is 37.3 Å². The van der Waals surface area contributed by atoms with Gasteiger partial charge < -0.3 is 29.0 Å². The predicted molar refractivity (Wildman–Crippen MR) is 188 cm³/mol. The lowest BCUT2D eigenvalue weighted by Gasteiger charge is -2.36. The van der Waals surface area contributed by atoms with Crippen molar-refractivity contribution in [3.63, 3.8) is 0 Å². The summed E-state index contributed by atoms with van der Waals surface area (Å²) in [5.41, 5.74) is 1.49. The van der Waals surface area contributed by atoms with Gasteiger partial charge in [0.2, 0.25) is 6.79 Å². The highest BCUT2D eigenvalue weighted by Gasteiger charge is 2.31. The Balaban J connectivity index is 1.40. The molecule has 0 aliphatic carbocycles. The highest BCUT2D eigenvalue weighted by atomic mass is 35.5. The monoisotopic (exact) mass is 715 g/mol. The van der Waals surface area contributed by atoms with Gasteiger partial charge in [0.15, 0.2) is 11.5 Å². The number of rotatable bonds is 9. The summed E-state index contributed by atoms with van der Waals surface area (Å²) in [5, 5.41) is 10.7. The molecule has 266 valence electrons. The van der Waals surface area contributed by atoms with E-state index in [2.05, 4.69) is 9.62 Å². The van der Waals surface area contributed by atoms with Crippen molar-refractivity contribution in [1.82, 2.24) is 9.80 Å². The normalized spacial score (nSPS) is 21.1. The molecule has 13 heteroatoms. The van der Waals surface area contributed by atoms with E-state index in [-0.39, 0.29) is 53.6 Å². The van der Waals surface area contributed by atoms with Gasteiger partial charge in [0.05, 0.1) is 35.3 Å². The van der Waals surface area contributed by atoms with Gasteiger partial charge in [0.25, 0.3) is 15.9 Å². The van der Waals surface area contributed by atoms with Crippen LogP contribution in [0.5, 0.6) is 17.2 Å². The SMILES string of the molecule is C[C@@H]1CCCCO[C@H](CN(C)Cc2ccc3c(c2)OCO3)[C@@H](C)CN([C@@H](C)CO)C(=O)c2cc(NS(=O)(=O)c3ccc(Cl)cc3)ccc2O1. The number of sulfonamides is 1. The van der Waals surface area contributed by atoms with Gasteiger partial charge >= 0.3 is 0 Å². The molecule has 4 atom stereocenters. The zero-order valence-corrected chi connectivity index (χ0v) is 30.0. The van der Waals surface area contributed by atoms with E-state index in [9.17, 15) is 18.3 Å². The fourth-order valence-corrected chi connectivity index (χ4v) is 7.17. The molecule has 1 amide bonds. The molecule has 3 aromatic rings. The molecule has 2 aliphatic rings. The largest absolute Gasteiger partial charge is 0.490 e. The summed E-state index contributed by atoms with van der Waals surface area (Å²) < 4.78 is 52.8. The third kappa shape index (κ3) is 9.58. The number of likely N-dealkylation sites (N-methyl/N-ethyl adjacent to an activating group) is 1. The fraction of sp³-hybridized carbons (Fsp3) is 0.472. The number of ether oxygens (including phenoxy) is 4. The first-order valence-electron chi connectivity index (χ1n) is 16.6. The topological polar surface area (TPSA) is 127 Å². The van der Waals surface area contributed by atoms with Gasteiger partial charge in [-0.3, -0.25) is 14.4 Å². The second-order valence-corrected chi connectivity index (χ2v) is 15.1. The second kappa shape index (κ2) is 16.4. The lowest BCUT2D eigenvalue weighted by Crippen LogP contribution is -2.47. The molecular weight excluding hydrogens is 670 g/mol. The summed E-state index contributed by atoms with van der Waals surface area (Å²) in [6, 6.07) is 15.9. The molecule has 3 aromatic carbocycles. The van der Waals surface area contributed by atoms with Crippen LogP contribution in [0.2, 0.25) is 5.02 Å². The van der Waals surface area contributed by atoms with Gasteiger partial charge in [-0.2, -0.15) is 0 Å². The maximum absolute atomic E-state index is 14.4. The first kappa shape index (κ1) is 36.7. The van der Waals surface area contributed by atoms with Crippen LogP contribution >= 0.6 is 11.6 Å². The average molecular weight is 716 g/mol. The quantitative estimate of drug-likeness (QED) is 0.283. The summed E-state index contributed by atoms with van der Waals surface area (Å²) in [5.74, 6) is 1.33. The van der Waals surface area contributed by atoms with Crippen molar-refractivity contribution in [2.45, 2.75) is 69.7 Å². The van der Waals surface area contributed by atoms with E-state index >= 15 is 0 Å². The van der Waals surface area contributed by atoms with E-state index in [1.807, 2.05) is 39.1 Å². The van der Waals surface area contributed by atoms with E-state index in [0.717, 1.165) is 36.3 Å². The minimum absolute atomic E-state index is 0.0343. The van der Waals surface area contributed by atoms with Crippen LogP contribution in [0.3, 0.4) is 0 Å². The van der Waals surface area contributed by atoms with Crippen molar-refractivity contribution in [1.29, 1.82) is 0 Å². The molecule has 0 radical (unpaired) electrons. The zero-order chi connectivity index (χ0) is 35.1. The molecule has 0 aromatic heterocycles. The van der Waals surface area contributed by atoms with Crippen LogP contribution in [0, 0.1) is 5.92 Å². The molecule has 0 saturated carbocycles. The first-order chi connectivity index (χ1) is 23.4. The van der Waals surface area contributed by atoms with Gasteiger partial charge in [0, 0.05) is 42.9 Å². The Kier molecular flexibility index (Phi) is 12.3. The minimum atomic E-state index is -3.97. The van der Waals surface area contributed by atoms with Crippen LogP contribution in [0.15, 0.2) is 65.6 Å². The third-order valence-corrected chi connectivity index (χ3v) is 10.5. The Morgan fingerprint density at radius 1 is 1.02 bits per heavy atom. The number of carbonyl (C=O) groups excluding carboxylic acids is 1. The Morgan fingerprint density at radius 2 is 1.76 bits per heavy atom. The number of hydrogen-bond acceptors (Lipinski definition) is 9. The van der Waals surface area contributed by atoms with Crippen molar-refractivity contribution >= 4 is 33.2 Å². The molecule has 2 N–H and O–H groups in total. The Labute approximate surface area is 294 Å². The van der Waals surface area contributed by atoms with E-state index < -0.39 is 16.1 Å². The molecule has 2 heterocycles. The Morgan fingerprint density at radius 3 is 2.51 bits per heavy atom. The average Bonchev–Trinajstić information content (AvgIpc) is 3.54. The van der Waals surface area contributed by atoms with Gasteiger partial charge in [0.1, 0.15) is 5.75 Å². The Hall–Kier alpha value is -3.55. The molecule has 0 spiro atoms. The lowest BCUT2D eigenvalue weighted by atomic mass is 10.0. The molecule has 49 heavy (non-hydrogen) atoms. The fourth-order valence-electron chi connectivity index (χ4n) is 6.00. The smallest absolute Gasteiger partial charge is 0.261 e. The number of fused-ring (bicyclic) bond motifs is 2. The van der Waals surface area contributed by atoms with E-state index in [1.165, 1.54) is 30.3 Å². The van der Waals surface area contributed by atoms with Crippen LogP contribution in [-0.2, 0) is 21.3 Å². The number of amides is 1. The highest BCUT2D eigenvalue weighted by Crippen LogP contribution is 2.33. The van der Waals surface area contributed by atoms with Gasteiger partial charge in [-0.15, -0.1) is 0 Å². The van der Waals surface area contributed by atoms with Crippen LogP contribution in [0.1, 0.15) is 56.0 Å². The van der Waals surface area contributed by atoms with E-state index in [4.69, 9.17) is 30.5 Å². The summed E-state index contributed by atoms with van der Waals surface area (Å²) in [7, 11) is -1.94. The summed E-state index contributed by atoms with van der Waals surface area (Å²) in [6.45, 7) is 7.87. The van der Waals surface area contributed by atoms with Gasteiger partial charge in [-0.1, -0.05) is 24.6 Å². The molecule has 0 fully saturated rings. The molecular formula is C36H46ClN3O8S. The van der Waals surface area contributed by atoms with Crippen molar-refractivity contribution in [3.05, 3.63) is 76.8 Å². The number of nitrogens with zero attached hydrogens (tertiary/aromatic N) is 2. The van der Waals surface area contributed by atoms with Crippen LogP contribution in [-0.4, -0.2) is 87.6 Å². The Bertz CT molecular complexity index is 1690. The van der Waals surface area contributed by atoms with Crippen LogP contribution in [0.25, 0.3) is 0 Å². The number of benzene rings is 3. The summed E-state index contributed by atoms with van der Waals surface area (Å²) >= 11 is 5.96. The number of hydrogen-bond donors (Lipinski definition) is 2. The predicted octanol–water partition coefficient (Wildman–Crippen LogP) is 5.80. The van der Waals surface area contributed by atoms with Crippen LogP contribution < -0.4 is 18.9 Å². The summed E-state index contributed by atoms with van der Waals surface area (Å²) in [6.07, 6.45) is 2.02. The standard InChI is InChI=1S/C36H46ClN3O8S/c1-24-19-40(25(2)22-41)36(42)31-18-29(38-49(43,44)30-12-9-28(37)10-13-30)11-15-32(31)48-26(3)7-5-6-16-45-35(24)21-39(4)20-27-8-14-33-34(17-27)47-23-46-33/h8-15,17-18,24-26,35,38,41H,5-7,16,19-23H2,1-4H3/t24-,25-,26+,35+/m0/s1. The second-order valence-electron chi connectivity index (χ2n) is 13.0. The lowest BCUT2D eigenvalue weighted by molar-refractivity contribution is -0.0177. The maximum Gasteiger partial charge on any atom is 0.261 e. The van der Waals surface area contributed by atoms with E-state index in [1.54, 1.807) is 24.0 Å². The molecule has 0 bridgehead atoms. The third-order valence-electron chi connectivity index (χ3n) is 8.81. The van der Waals surface area contributed by atoms with Crippen molar-refractivity contribution in [2.75, 3.05) is 44.9 Å². The number of aliphatic hydroxyl groups is 1. The summed E-state index contributed by atoms with van der Waals surface area (Å²) in [4.78, 5) is 18.3. The van der Waals surface area contributed by atoms with Gasteiger partial charge in [-0.05, 0) is 100 Å². The van der Waals surface area contributed by atoms with Gasteiger partial charge in [-0.25, -0.2) is 8.42 Å². The maximum atomic E-state index is 14.4. The van der Waals surface area contributed by atoms with Crippen molar-refractivity contribution in [2.24, 2.45) is 5.92 Å². The zero-order valence-electron chi connectivity index (χ0n) is 28.4. The minimum Gasteiger partial charge on any atom is -0.490 e. The van der Waals surface area contributed by atoms with E-state index in [0.29, 0.717) is 37.0 Å². The van der Waals surface area contributed by atoms with Crippen molar-refractivity contribution in [3.8, 4) is 17.2 Å². The number of carbonyl (C=O) groups is 1. The number of nitrogens with one attached hydrogen (secondary N) is 1.